The Morgan fingerprint density at radius 1 is 1.22 bits per heavy atom. The lowest BCUT2D eigenvalue weighted by molar-refractivity contribution is -0.118. The van der Waals surface area contributed by atoms with Crippen molar-refractivity contribution in [3.05, 3.63) is 70.4 Å². The fourth-order valence-corrected chi connectivity index (χ4v) is 3.00. The van der Waals surface area contributed by atoms with E-state index in [2.05, 4.69) is 10.3 Å². The van der Waals surface area contributed by atoms with Gasteiger partial charge in [0.1, 0.15) is 5.76 Å². The predicted octanol–water partition coefficient (Wildman–Crippen LogP) is 2.67. The van der Waals surface area contributed by atoms with Crippen LogP contribution in [0.5, 0.6) is 0 Å². The first kappa shape index (κ1) is 15.4. The lowest BCUT2D eigenvalue weighted by Gasteiger charge is -2.05. The second-order valence-electron chi connectivity index (χ2n) is 5.05. The maximum Gasteiger partial charge on any atom is 0.230 e. The molecule has 23 heavy (non-hydrogen) atoms. The van der Waals surface area contributed by atoms with Crippen molar-refractivity contribution in [1.29, 1.82) is 0 Å². The largest absolute Gasteiger partial charge is 0.467 e. The standard InChI is InChI=1S/C17H16N2O3S/c20-16-8-12(19-15-6-2-1-5-14(15)16)10-23-11-17(21)18-9-13-4-3-7-22-13/h1-8H,9-11H2,(H,18,21)(H,19,20). The highest BCUT2D eigenvalue weighted by Gasteiger charge is 2.05. The first-order valence-corrected chi connectivity index (χ1v) is 8.35. The number of thioether (sulfide) groups is 1. The monoisotopic (exact) mass is 328 g/mol. The second-order valence-corrected chi connectivity index (χ2v) is 6.04. The van der Waals surface area contributed by atoms with E-state index in [1.54, 1.807) is 24.5 Å². The highest BCUT2D eigenvalue weighted by molar-refractivity contribution is 7.99. The minimum Gasteiger partial charge on any atom is -0.467 e. The molecule has 0 aliphatic carbocycles. The fourth-order valence-electron chi connectivity index (χ4n) is 2.23. The van der Waals surface area contributed by atoms with Crippen molar-refractivity contribution in [3.8, 4) is 0 Å². The van der Waals surface area contributed by atoms with Gasteiger partial charge in [0.2, 0.25) is 5.91 Å². The molecule has 0 saturated heterocycles. The summed E-state index contributed by atoms with van der Waals surface area (Å²) in [6.45, 7) is 0.388. The van der Waals surface area contributed by atoms with Gasteiger partial charge in [-0.1, -0.05) is 12.1 Å². The summed E-state index contributed by atoms with van der Waals surface area (Å²) in [6, 6.07) is 12.6. The molecule has 0 unspecified atom stereocenters. The van der Waals surface area contributed by atoms with Crippen molar-refractivity contribution in [2.45, 2.75) is 12.3 Å². The lowest BCUT2D eigenvalue weighted by Crippen LogP contribution is -2.24. The number of rotatable bonds is 6. The lowest BCUT2D eigenvalue weighted by atomic mass is 10.2. The predicted molar refractivity (Wildman–Crippen MR) is 91.3 cm³/mol. The van der Waals surface area contributed by atoms with Crippen LogP contribution in [-0.4, -0.2) is 16.6 Å². The van der Waals surface area contributed by atoms with E-state index >= 15 is 0 Å². The van der Waals surface area contributed by atoms with Crippen molar-refractivity contribution in [3.63, 3.8) is 0 Å². The van der Waals surface area contributed by atoms with Crippen LogP contribution in [-0.2, 0) is 17.1 Å². The van der Waals surface area contributed by atoms with Crippen LogP contribution in [0.15, 0.2) is 57.9 Å². The number of H-pyrrole nitrogens is 1. The summed E-state index contributed by atoms with van der Waals surface area (Å²) in [6.07, 6.45) is 1.58. The molecule has 0 radical (unpaired) electrons. The molecule has 3 rings (SSSR count). The Labute approximate surface area is 137 Å². The zero-order valence-electron chi connectivity index (χ0n) is 12.4. The van der Waals surface area contributed by atoms with Crippen LogP contribution in [0.25, 0.3) is 10.9 Å². The van der Waals surface area contributed by atoms with Crippen LogP contribution in [0, 0.1) is 0 Å². The Morgan fingerprint density at radius 2 is 2.09 bits per heavy atom. The van der Waals surface area contributed by atoms with Gasteiger partial charge < -0.3 is 14.7 Å². The van der Waals surface area contributed by atoms with E-state index < -0.39 is 0 Å². The van der Waals surface area contributed by atoms with Gasteiger partial charge in [-0.15, -0.1) is 11.8 Å². The third-order valence-corrected chi connectivity index (χ3v) is 4.31. The van der Waals surface area contributed by atoms with E-state index in [-0.39, 0.29) is 11.3 Å². The number of carbonyl (C=O) groups excluding carboxylic acids is 1. The number of furan rings is 1. The molecule has 0 spiro atoms. The van der Waals surface area contributed by atoms with Crippen LogP contribution in [0.4, 0.5) is 0 Å². The summed E-state index contributed by atoms with van der Waals surface area (Å²) in [4.78, 5) is 27.0. The van der Waals surface area contributed by atoms with Crippen LogP contribution in [0.1, 0.15) is 11.5 Å². The van der Waals surface area contributed by atoms with Crippen molar-refractivity contribution in [1.82, 2.24) is 10.3 Å². The molecule has 2 aromatic heterocycles. The molecule has 2 heterocycles. The Hall–Kier alpha value is -2.47. The van der Waals surface area contributed by atoms with Crippen LogP contribution < -0.4 is 10.7 Å². The van der Waals surface area contributed by atoms with Crippen molar-refractivity contribution in [2.24, 2.45) is 0 Å². The maximum absolute atomic E-state index is 12.0. The molecule has 1 amide bonds. The SMILES string of the molecule is O=C(CSCc1cc(=O)c2ccccc2[nH]1)NCc1ccco1. The molecule has 5 nitrogen and oxygen atoms in total. The van der Waals surface area contributed by atoms with Crippen molar-refractivity contribution >= 4 is 28.6 Å². The number of pyridine rings is 1. The molecule has 118 valence electrons. The van der Waals surface area contributed by atoms with E-state index in [9.17, 15) is 9.59 Å². The quantitative estimate of drug-likeness (QED) is 0.729. The van der Waals surface area contributed by atoms with Crippen LogP contribution in [0.2, 0.25) is 0 Å². The van der Waals surface area contributed by atoms with Crippen LogP contribution >= 0.6 is 11.8 Å². The average Bonchev–Trinajstić information content (AvgIpc) is 3.06. The van der Waals surface area contributed by atoms with E-state index in [1.807, 2.05) is 24.3 Å². The number of aromatic amines is 1. The molecular weight excluding hydrogens is 312 g/mol. The van der Waals surface area contributed by atoms with Gasteiger partial charge in [-0.25, -0.2) is 0 Å². The summed E-state index contributed by atoms with van der Waals surface area (Å²) in [7, 11) is 0. The van der Waals surface area contributed by atoms with E-state index in [4.69, 9.17) is 4.42 Å². The van der Waals surface area contributed by atoms with E-state index in [0.29, 0.717) is 23.4 Å². The number of hydrogen-bond donors (Lipinski definition) is 2. The van der Waals surface area contributed by atoms with Gasteiger partial charge >= 0.3 is 0 Å². The molecule has 0 saturated carbocycles. The summed E-state index contributed by atoms with van der Waals surface area (Å²) in [5.41, 5.74) is 1.63. The molecule has 6 heteroatoms. The van der Waals surface area contributed by atoms with Gasteiger partial charge in [0, 0.05) is 28.4 Å². The van der Waals surface area contributed by atoms with Crippen molar-refractivity contribution < 1.29 is 9.21 Å². The molecule has 0 fully saturated rings. The first-order chi connectivity index (χ1) is 11.2. The molecule has 2 N–H and O–H groups in total. The first-order valence-electron chi connectivity index (χ1n) is 7.20. The normalized spacial score (nSPS) is 10.8. The van der Waals surface area contributed by atoms with E-state index in [1.165, 1.54) is 11.8 Å². The third-order valence-electron chi connectivity index (χ3n) is 3.32. The number of aromatic nitrogens is 1. The Bertz CT molecular complexity index is 856. The van der Waals surface area contributed by atoms with Gasteiger partial charge in [0.15, 0.2) is 5.43 Å². The molecule has 3 aromatic rings. The van der Waals surface area contributed by atoms with Gasteiger partial charge in [0.05, 0.1) is 18.6 Å². The zero-order chi connectivity index (χ0) is 16.1. The summed E-state index contributed by atoms with van der Waals surface area (Å²) < 4.78 is 5.15. The Morgan fingerprint density at radius 3 is 2.91 bits per heavy atom. The van der Waals surface area contributed by atoms with Gasteiger partial charge in [0.25, 0.3) is 0 Å². The third kappa shape index (κ3) is 4.04. The Kier molecular flexibility index (Phi) is 4.83. The van der Waals surface area contributed by atoms with Gasteiger partial charge in [-0.2, -0.15) is 0 Å². The number of fused-ring (bicyclic) bond motifs is 1. The molecule has 0 aliphatic rings. The smallest absolute Gasteiger partial charge is 0.230 e. The number of carbonyl (C=O) groups is 1. The number of amides is 1. The summed E-state index contributed by atoms with van der Waals surface area (Å²) >= 11 is 1.46. The average molecular weight is 328 g/mol. The number of para-hydroxylation sites is 1. The molecule has 1 aromatic carbocycles. The minimum atomic E-state index is -0.0606. The van der Waals surface area contributed by atoms with Gasteiger partial charge in [-0.3, -0.25) is 9.59 Å². The van der Waals surface area contributed by atoms with Crippen molar-refractivity contribution in [2.75, 3.05) is 5.75 Å². The summed E-state index contributed by atoms with van der Waals surface area (Å²) in [5, 5.41) is 3.47. The van der Waals surface area contributed by atoms with Crippen LogP contribution in [0.3, 0.4) is 0 Å². The number of hydrogen-bond acceptors (Lipinski definition) is 4. The molecule has 0 bridgehead atoms. The number of nitrogens with one attached hydrogen (secondary N) is 2. The second kappa shape index (κ2) is 7.19. The maximum atomic E-state index is 12.0. The number of benzene rings is 1. The van der Waals surface area contributed by atoms with E-state index in [0.717, 1.165) is 17.0 Å². The molecule has 0 aliphatic heterocycles. The molecule has 0 atom stereocenters. The highest BCUT2D eigenvalue weighted by Crippen LogP contribution is 2.12. The fraction of sp³-hybridized carbons (Fsp3) is 0.176. The van der Waals surface area contributed by atoms with Gasteiger partial charge in [-0.05, 0) is 24.3 Å². The minimum absolute atomic E-state index is 0.00257. The zero-order valence-corrected chi connectivity index (χ0v) is 13.2. The Balaban J connectivity index is 1.52. The molecular formula is C17H16N2O3S. The highest BCUT2D eigenvalue weighted by atomic mass is 32.2. The topological polar surface area (TPSA) is 75.1 Å². The summed E-state index contributed by atoms with van der Waals surface area (Å²) in [5.74, 6) is 1.57.